The van der Waals surface area contributed by atoms with Crippen LogP contribution in [-0.2, 0) is 13.1 Å². The van der Waals surface area contributed by atoms with E-state index >= 15 is 0 Å². The van der Waals surface area contributed by atoms with Crippen molar-refractivity contribution in [3.63, 3.8) is 0 Å². The monoisotopic (exact) mass is 282 g/mol. The lowest BCUT2D eigenvalue weighted by Gasteiger charge is -2.08. The molecule has 1 N–H and O–H groups in total. The molecule has 0 fully saturated rings. The predicted molar refractivity (Wildman–Crippen MR) is 82.2 cm³/mol. The van der Waals surface area contributed by atoms with Crippen molar-refractivity contribution in [2.24, 2.45) is 0 Å². The molecule has 0 aliphatic heterocycles. The summed E-state index contributed by atoms with van der Waals surface area (Å²) in [4.78, 5) is 4.67. The van der Waals surface area contributed by atoms with E-state index in [2.05, 4.69) is 21.5 Å². The Morgan fingerprint density at radius 3 is 2.95 bits per heavy atom. The highest BCUT2D eigenvalue weighted by molar-refractivity contribution is 5.84. The fraction of sp³-hybridized carbons (Fsp3) is 0.250. The first-order valence-electron chi connectivity index (χ1n) is 6.97. The standard InChI is InChI=1S/C16H18N4O/c1-21-15-5-2-4-13-6-7-14(19-16(13)15)12-17-9-11-20-10-3-8-18-20/h2-8,10,17H,9,11-12H2,1H3. The van der Waals surface area contributed by atoms with Gasteiger partial charge in [0.15, 0.2) is 0 Å². The SMILES string of the molecule is COc1cccc2ccc(CNCCn3cccn3)nc12. The van der Waals surface area contributed by atoms with Gasteiger partial charge in [-0.3, -0.25) is 4.68 Å². The summed E-state index contributed by atoms with van der Waals surface area (Å²) in [6.07, 6.45) is 3.75. The minimum absolute atomic E-state index is 0.731. The van der Waals surface area contributed by atoms with E-state index in [0.29, 0.717) is 0 Å². The van der Waals surface area contributed by atoms with Crippen molar-refractivity contribution in [2.75, 3.05) is 13.7 Å². The highest BCUT2D eigenvalue weighted by Crippen LogP contribution is 2.23. The fourth-order valence-corrected chi connectivity index (χ4v) is 2.27. The molecule has 0 atom stereocenters. The maximum Gasteiger partial charge on any atom is 0.145 e. The molecule has 0 aliphatic carbocycles. The van der Waals surface area contributed by atoms with Gasteiger partial charge in [0.25, 0.3) is 0 Å². The Morgan fingerprint density at radius 1 is 1.19 bits per heavy atom. The van der Waals surface area contributed by atoms with Crippen molar-refractivity contribution in [2.45, 2.75) is 13.1 Å². The average molecular weight is 282 g/mol. The lowest BCUT2D eigenvalue weighted by Crippen LogP contribution is -2.20. The number of para-hydroxylation sites is 1. The minimum Gasteiger partial charge on any atom is -0.494 e. The molecule has 5 nitrogen and oxygen atoms in total. The maximum atomic E-state index is 5.36. The number of aromatic nitrogens is 3. The Balaban J connectivity index is 1.64. The van der Waals surface area contributed by atoms with E-state index in [0.717, 1.165) is 42.0 Å². The van der Waals surface area contributed by atoms with Gasteiger partial charge in [0.05, 0.1) is 19.3 Å². The van der Waals surface area contributed by atoms with E-state index in [-0.39, 0.29) is 0 Å². The Labute approximate surface area is 123 Å². The summed E-state index contributed by atoms with van der Waals surface area (Å²) >= 11 is 0. The van der Waals surface area contributed by atoms with Crippen LogP contribution in [0.15, 0.2) is 48.8 Å². The smallest absolute Gasteiger partial charge is 0.145 e. The van der Waals surface area contributed by atoms with Crippen LogP contribution in [0.25, 0.3) is 10.9 Å². The first kappa shape index (κ1) is 13.6. The van der Waals surface area contributed by atoms with Gasteiger partial charge in [0.1, 0.15) is 11.3 Å². The Hall–Kier alpha value is -2.40. The van der Waals surface area contributed by atoms with Crippen LogP contribution in [0.3, 0.4) is 0 Å². The second-order valence-electron chi connectivity index (χ2n) is 4.78. The lowest BCUT2D eigenvalue weighted by atomic mass is 10.2. The van der Waals surface area contributed by atoms with Crippen LogP contribution in [0.5, 0.6) is 5.75 Å². The third-order valence-corrected chi connectivity index (χ3v) is 3.34. The molecule has 0 amide bonds. The summed E-state index contributed by atoms with van der Waals surface area (Å²) in [5, 5.41) is 8.64. The second kappa shape index (κ2) is 6.37. The molecule has 1 aromatic carbocycles. The van der Waals surface area contributed by atoms with Crippen LogP contribution >= 0.6 is 0 Å². The van der Waals surface area contributed by atoms with Gasteiger partial charge in [-0.05, 0) is 18.2 Å². The number of benzene rings is 1. The number of pyridine rings is 1. The molecule has 0 aliphatic rings. The quantitative estimate of drug-likeness (QED) is 0.704. The molecular formula is C16H18N4O. The van der Waals surface area contributed by atoms with Crippen molar-refractivity contribution < 1.29 is 4.74 Å². The number of methoxy groups -OCH3 is 1. The maximum absolute atomic E-state index is 5.36. The molecule has 0 saturated heterocycles. The molecule has 0 spiro atoms. The molecule has 0 bridgehead atoms. The van der Waals surface area contributed by atoms with Gasteiger partial charge in [-0.1, -0.05) is 18.2 Å². The average Bonchev–Trinajstić information content (AvgIpc) is 3.04. The number of fused-ring (bicyclic) bond motifs is 1. The van der Waals surface area contributed by atoms with Gasteiger partial charge in [0, 0.05) is 30.9 Å². The first-order chi connectivity index (χ1) is 10.4. The molecule has 5 heteroatoms. The van der Waals surface area contributed by atoms with Gasteiger partial charge in [0.2, 0.25) is 0 Å². The zero-order valence-corrected chi connectivity index (χ0v) is 12.0. The molecule has 0 saturated carbocycles. The van der Waals surface area contributed by atoms with E-state index in [9.17, 15) is 0 Å². The van der Waals surface area contributed by atoms with Crippen LogP contribution in [0.4, 0.5) is 0 Å². The van der Waals surface area contributed by atoms with Crippen LogP contribution in [0, 0.1) is 0 Å². The highest BCUT2D eigenvalue weighted by atomic mass is 16.5. The number of nitrogens with zero attached hydrogens (tertiary/aromatic N) is 3. The second-order valence-corrected chi connectivity index (χ2v) is 4.78. The molecule has 21 heavy (non-hydrogen) atoms. The minimum atomic E-state index is 0.731. The van der Waals surface area contributed by atoms with E-state index in [4.69, 9.17) is 4.74 Å². The summed E-state index contributed by atoms with van der Waals surface area (Å²) in [6, 6.07) is 12.0. The summed E-state index contributed by atoms with van der Waals surface area (Å²) in [5.41, 5.74) is 1.92. The molecule has 0 radical (unpaired) electrons. The molecule has 2 heterocycles. The van der Waals surface area contributed by atoms with Crippen molar-refractivity contribution in [3.8, 4) is 5.75 Å². The Kier molecular flexibility index (Phi) is 4.12. The summed E-state index contributed by atoms with van der Waals surface area (Å²) in [5.74, 6) is 0.811. The summed E-state index contributed by atoms with van der Waals surface area (Å²) in [7, 11) is 1.67. The van der Waals surface area contributed by atoms with E-state index in [1.165, 1.54) is 0 Å². The largest absolute Gasteiger partial charge is 0.494 e. The van der Waals surface area contributed by atoms with Crippen molar-refractivity contribution >= 4 is 10.9 Å². The summed E-state index contributed by atoms with van der Waals surface area (Å²) < 4.78 is 7.27. The third-order valence-electron chi connectivity index (χ3n) is 3.34. The van der Waals surface area contributed by atoms with E-state index in [1.807, 2.05) is 41.2 Å². The number of ether oxygens (including phenoxy) is 1. The van der Waals surface area contributed by atoms with E-state index < -0.39 is 0 Å². The van der Waals surface area contributed by atoms with Crippen LogP contribution < -0.4 is 10.1 Å². The van der Waals surface area contributed by atoms with Gasteiger partial charge in [-0.15, -0.1) is 0 Å². The number of hydrogen-bond donors (Lipinski definition) is 1. The topological polar surface area (TPSA) is 52.0 Å². The molecule has 108 valence electrons. The molecule has 0 unspecified atom stereocenters. The van der Waals surface area contributed by atoms with Crippen molar-refractivity contribution in [1.82, 2.24) is 20.1 Å². The summed E-state index contributed by atoms with van der Waals surface area (Å²) in [6.45, 7) is 2.44. The van der Waals surface area contributed by atoms with Gasteiger partial charge in [-0.2, -0.15) is 5.10 Å². The Morgan fingerprint density at radius 2 is 2.14 bits per heavy atom. The zero-order valence-electron chi connectivity index (χ0n) is 12.0. The van der Waals surface area contributed by atoms with Gasteiger partial charge < -0.3 is 10.1 Å². The van der Waals surface area contributed by atoms with Crippen LogP contribution in [0.1, 0.15) is 5.69 Å². The predicted octanol–water partition coefficient (Wildman–Crippen LogP) is 2.23. The van der Waals surface area contributed by atoms with Crippen LogP contribution in [0.2, 0.25) is 0 Å². The van der Waals surface area contributed by atoms with Crippen molar-refractivity contribution in [1.29, 1.82) is 0 Å². The number of nitrogens with one attached hydrogen (secondary N) is 1. The number of hydrogen-bond acceptors (Lipinski definition) is 4. The third kappa shape index (κ3) is 3.20. The van der Waals surface area contributed by atoms with Gasteiger partial charge in [-0.25, -0.2) is 4.98 Å². The number of rotatable bonds is 6. The molecular weight excluding hydrogens is 264 g/mol. The lowest BCUT2D eigenvalue weighted by molar-refractivity contribution is 0.418. The highest BCUT2D eigenvalue weighted by Gasteiger charge is 2.03. The molecule has 3 rings (SSSR count). The van der Waals surface area contributed by atoms with Crippen molar-refractivity contribution in [3.05, 3.63) is 54.5 Å². The normalized spacial score (nSPS) is 10.9. The fourth-order valence-electron chi connectivity index (χ4n) is 2.27. The zero-order chi connectivity index (χ0) is 14.5. The molecule has 3 aromatic rings. The molecule has 2 aromatic heterocycles. The Bertz CT molecular complexity index is 709. The first-order valence-corrected chi connectivity index (χ1v) is 6.97. The van der Waals surface area contributed by atoms with Crippen LogP contribution in [-0.4, -0.2) is 28.4 Å². The van der Waals surface area contributed by atoms with Gasteiger partial charge >= 0.3 is 0 Å². The van der Waals surface area contributed by atoms with E-state index in [1.54, 1.807) is 13.3 Å².